The van der Waals surface area contributed by atoms with Gasteiger partial charge in [0.2, 0.25) is 23.6 Å². The van der Waals surface area contributed by atoms with Gasteiger partial charge in [-0.25, -0.2) is 4.68 Å². The Hall–Kier alpha value is -8.05. The monoisotopic (exact) mass is 1240 g/mol. The Labute approximate surface area is 514 Å². The molecule has 4 aliphatic rings. The van der Waals surface area contributed by atoms with Crippen molar-refractivity contribution in [3.63, 3.8) is 0 Å². The molecule has 3 aromatic heterocycles. The first kappa shape index (κ1) is 67.5. The first-order valence-electron chi connectivity index (χ1n) is 30.0. The number of hydrogen-bond acceptors (Lipinski definition) is 18. The fourth-order valence-corrected chi connectivity index (χ4v) is 11.8. The molecule has 7 N–H and O–H groups in total. The van der Waals surface area contributed by atoms with Gasteiger partial charge in [0.15, 0.2) is 5.69 Å². The fourth-order valence-electron chi connectivity index (χ4n) is 11.2. The normalized spacial score (nSPS) is 16.7. The number of ether oxygens (including phenoxy) is 2. The molecule has 27 nitrogen and oxygen atoms in total. The van der Waals surface area contributed by atoms with Crippen LogP contribution in [0.1, 0.15) is 79.9 Å². The first-order chi connectivity index (χ1) is 42.5. The van der Waals surface area contributed by atoms with E-state index in [1.165, 1.54) is 11.3 Å². The Morgan fingerprint density at radius 1 is 0.739 bits per heavy atom. The van der Waals surface area contributed by atoms with Crippen molar-refractivity contribution in [2.45, 2.75) is 77.2 Å². The highest BCUT2D eigenvalue weighted by molar-refractivity contribution is 7.12. The molecule has 4 aromatic rings. The van der Waals surface area contributed by atoms with Gasteiger partial charge >= 0.3 is 17.9 Å². The second-order valence-electron chi connectivity index (χ2n) is 22.1. The molecule has 2 saturated heterocycles. The number of carbonyl (C=O) groups excluding carboxylic acids is 5. The predicted molar refractivity (Wildman–Crippen MR) is 323 cm³/mol. The van der Waals surface area contributed by atoms with Crippen LogP contribution in [0.2, 0.25) is 0 Å². The molecule has 3 fully saturated rings. The number of aliphatic carboxylic acids is 3. The predicted octanol–water partition coefficient (Wildman–Crippen LogP) is 2.10. The van der Waals surface area contributed by atoms with Gasteiger partial charge in [0.05, 0.1) is 45.2 Å². The molecule has 1 saturated carbocycles. The number of fused-ring (bicyclic) bond motifs is 3. The summed E-state index contributed by atoms with van der Waals surface area (Å²) < 4.78 is 14.0. The molecule has 5 amide bonds. The maximum absolute atomic E-state index is 14.5. The minimum absolute atomic E-state index is 0.0210. The standard InChI is InChI=1S/C59H80N12O13S.CH2O2/c1-3-65-20-22-66(24-25-68(39-54(78)79)27-26-67(23-21-65)38-53(76)77)37-50(73)61-17-15-49(72)63-47(13-14-52(74)75)57(80)62-16-6-30-84-43-32-42(35-60-36-43)45-34-46-41(33-48(45)83-2)11-12-44-55(64-71(56(44)46)51-10-5-31-85-51)59(82)70-19-7-18-69(28-29-70)58(81)40-8-4-9-40;2-1-3/h5,10,31-36,40,47H,3-4,6-9,11-30,37-39H2,1-2H3,(H,61,73)(H,62,80)(H,63,72)(H,74,75)(H,76,77)(H,78,79);1H,(H,2,3). The highest BCUT2D eigenvalue weighted by Crippen LogP contribution is 2.44. The quantitative estimate of drug-likeness (QED) is 0.0369. The number of rotatable bonds is 25. The molecule has 2 aliphatic carbocycles. The molecule has 0 bridgehead atoms. The van der Waals surface area contributed by atoms with Crippen molar-refractivity contribution in [1.29, 1.82) is 0 Å². The molecule has 8 rings (SSSR count). The Kier molecular flexibility index (Phi) is 26.0. The number of benzene rings is 1. The van der Waals surface area contributed by atoms with Crippen molar-refractivity contribution in [1.82, 2.24) is 60.1 Å². The number of pyridine rings is 1. The van der Waals surface area contributed by atoms with Gasteiger partial charge in [-0.15, -0.1) is 11.3 Å². The highest BCUT2D eigenvalue weighted by Gasteiger charge is 2.35. The summed E-state index contributed by atoms with van der Waals surface area (Å²) in [6, 6.07) is 8.71. The van der Waals surface area contributed by atoms with Gasteiger partial charge in [-0.1, -0.05) is 13.3 Å². The fraction of sp³-hybridized carbons (Fsp3) is 0.550. The Morgan fingerprint density at radius 2 is 1.40 bits per heavy atom. The van der Waals surface area contributed by atoms with E-state index in [9.17, 15) is 53.7 Å². The number of amides is 5. The van der Waals surface area contributed by atoms with E-state index in [1.54, 1.807) is 29.3 Å². The van der Waals surface area contributed by atoms with Crippen LogP contribution < -0.4 is 25.4 Å². The maximum atomic E-state index is 14.5. The lowest BCUT2D eigenvalue weighted by Gasteiger charge is -2.33. The summed E-state index contributed by atoms with van der Waals surface area (Å²) in [6.07, 6.45) is 7.85. The van der Waals surface area contributed by atoms with Crippen LogP contribution in [0.4, 0.5) is 0 Å². The number of nitrogens with one attached hydrogen (secondary N) is 3. The van der Waals surface area contributed by atoms with Gasteiger partial charge in [0, 0.05) is 139 Å². The van der Waals surface area contributed by atoms with E-state index >= 15 is 0 Å². The van der Waals surface area contributed by atoms with Crippen molar-refractivity contribution in [2.24, 2.45) is 5.92 Å². The number of methoxy groups -OCH3 is 1. The number of likely N-dealkylation sites (N-methyl/N-ethyl adjacent to an activating group) is 1. The Bertz CT molecular complexity index is 3050. The molecule has 478 valence electrons. The lowest BCUT2D eigenvalue weighted by Crippen LogP contribution is -2.49. The molecule has 28 heteroatoms. The molecule has 5 heterocycles. The number of aromatic nitrogens is 3. The van der Waals surface area contributed by atoms with Gasteiger partial charge < -0.3 is 60.5 Å². The molecule has 1 atom stereocenters. The van der Waals surface area contributed by atoms with Crippen LogP contribution in [0.15, 0.2) is 48.1 Å². The minimum Gasteiger partial charge on any atom is -0.496 e. The summed E-state index contributed by atoms with van der Waals surface area (Å²) in [5, 5.41) is 51.3. The number of hydrogen-bond donors (Lipinski definition) is 7. The second-order valence-corrected chi connectivity index (χ2v) is 23.0. The Morgan fingerprint density at radius 3 is 2.01 bits per heavy atom. The lowest BCUT2D eigenvalue weighted by molar-refractivity contribution is -0.140. The molecule has 1 unspecified atom stereocenters. The molecule has 1 aromatic carbocycles. The van der Waals surface area contributed by atoms with Crippen LogP contribution in [0, 0.1) is 5.92 Å². The van der Waals surface area contributed by atoms with Crippen molar-refractivity contribution < 1.29 is 73.1 Å². The third kappa shape index (κ3) is 19.5. The number of nitrogens with zero attached hydrogens (tertiary/aromatic N) is 9. The molecule has 2 aliphatic heterocycles. The summed E-state index contributed by atoms with van der Waals surface area (Å²) in [4.78, 5) is 126. The van der Waals surface area contributed by atoms with Gasteiger partial charge in [-0.2, -0.15) is 5.10 Å². The van der Waals surface area contributed by atoms with E-state index in [4.69, 9.17) is 24.5 Å². The summed E-state index contributed by atoms with van der Waals surface area (Å²) in [5.74, 6) is -3.35. The summed E-state index contributed by atoms with van der Waals surface area (Å²) in [6.45, 7) is 7.96. The van der Waals surface area contributed by atoms with Crippen LogP contribution in [0.5, 0.6) is 11.5 Å². The van der Waals surface area contributed by atoms with Crippen LogP contribution in [0.25, 0.3) is 27.4 Å². The van der Waals surface area contributed by atoms with E-state index in [0.717, 1.165) is 52.2 Å². The lowest BCUT2D eigenvalue weighted by atomic mass is 9.84. The number of carboxylic acid groups (broad SMARTS) is 4. The average molecular weight is 1240 g/mol. The topological polar surface area (TPSA) is 339 Å². The van der Waals surface area contributed by atoms with Crippen LogP contribution >= 0.6 is 11.3 Å². The summed E-state index contributed by atoms with van der Waals surface area (Å²) in [7, 11) is 1.61. The van der Waals surface area contributed by atoms with Crippen LogP contribution in [0.3, 0.4) is 0 Å². The van der Waals surface area contributed by atoms with Gasteiger partial charge in [-0.05, 0) is 92.8 Å². The second kappa shape index (κ2) is 33.9. The zero-order valence-electron chi connectivity index (χ0n) is 50.1. The molecular formula is C60H82N12O15S. The van der Waals surface area contributed by atoms with Crippen molar-refractivity contribution in [3.05, 3.63) is 64.9 Å². The van der Waals surface area contributed by atoms with Crippen molar-refractivity contribution >= 4 is 65.3 Å². The summed E-state index contributed by atoms with van der Waals surface area (Å²) in [5.41, 5.74) is 5.56. The largest absolute Gasteiger partial charge is 0.496 e. The van der Waals surface area contributed by atoms with E-state index < -0.39 is 35.8 Å². The minimum atomic E-state index is -1.16. The number of thiophene rings is 1. The van der Waals surface area contributed by atoms with E-state index in [1.807, 2.05) is 56.0 Å². The van der Waals surface area contributed by atoms with Gasteiger partial charge in [0.1, 0.15) is 22.5 Å². The van der Waals surface area contributed by atoms with Crippen molar-refractivity contribution in [3.8, 4) is 38.9 Å². The van der Waals surface area contributed by atoms with Crippen LogP contribution in [-0.2, 0) is 51.2 Å². The average Bonchev–Trinajstić information content (AvgIpc) is 1.63. The highest BCUT2D eigenvalue weighted by atomic mass is 32.1. The van der Waals surface area contributed by atoms with E-state index in [2.05, 4.69) is 31.9 Å². The maximum Gasteiger partial charge on any atom is 0.317 e. The first-order valence-corrected chi connectivity index (χ1v) is 30.9. The smallest absolute Gasteiger partial charge is 0.317 e. The third-order valence-electron chi connectivity index (χ3n) is 16.1. The molecule has 88 heavy (non-hydrogen) atoms. The number of carboxylic acids is 3. The van der Waals surface area contributed by atoms with Gasteiger partial charge in [0.25, 0.3) is 12.4 Å². The SMILES string of the molecule is CCN1CCN(CC(=O)O)CCN(CC(=O)O)CCN(CC(=O)NCCC(=O)NC(CCC(=O)O)C(=O)NCCCOc2cncc(-c3cc4c(cc3OC)CCc3c(C(=O)N5CCCN(C(=O)C6CCC6)CC5)nn(-c5cccs5)c3-4)c2)CC1.O=CO. The molecular weight excluding hydrogens is 1160 g/mol. The number of carbonyl (C=O) groups is 9. The molecule has 0 spiro atoms. The summed E-state index contributed by atoms with van der Waals surface area (Å²) >= 11 is 1.53. The Balaban J connectivity index is 0.00000361. The van der Waals surface area contributed by atoms with Gasteiger partial charge in [-0.3, -0.25) is 62.8 Å². The zero-order chi connectivity index (χ0) is 63.1. The third-order valence-corrected chi connectivity index (χ3v) is 17.0. The number of aryl methyl sites for hydroxylation is 1. The van der Waals surface area contributed by atoms with Crippen LogP contribution in [-0.4, -0.2) is 256 Å². The zero-order valence-corrected chi connectivity index (χ0v) is 50.9. The van der Waals surface area contributed by atoms with Crippen molar-refractivity contribution in [2.75, 3.05) is 132 Å². The van der Waals surface area contributed by atoms with E-state index in [-0.39, 0.29) is 88.7 Å². The molecule has 0 radical (unpaired) electrons. The van der Waals surface area contributed by atoms with E-state index in [0.29, 0.717) is 134 Å².